The molecule has 0 fully saturated rings. The van der Waals surface area contributed by atoms with Crippen LogP contribution in [0.15, 0.2) is 29.5 Å². The van der Waals surface area contributed by atoms with Crippen LogP contribution in [0.1, 0.15) is 27.2 Å². The zero-order chi connectivity index (χ0) is 9.82. The van der Waals surface area contributed by atoms with Crippen LogP contribution in [0.2, 0.25) is 0 Å². The second kappa shape index (κ2) is 12.6. The maximum atomic E-state index is 3.74. The first-order valence-corrected chi connectivity index (χ1v) is 4.38. The third-order valence-electron chi connectivity index (χ3n) is 1.00. The smallest absolute Gasteiger partial charge is 0.125 e. The minimum absolute atomic E-state index is 0.789. The van der Waals surface area contributed by atoms with Crippen LogP contribution in [-0.2, 0) is 0 Å². The third kappa shape index (κ3) is 8.95. The zero-order valence-electron chi connectivity index (χ0n) is 8.43. The fourth-order valence-corrected chi connectivity index (χ4v) is 0.532. The highest BCUT2D eigenvalue weighted by atomic mass is 15.0. The van der Waals surface area contributed by atoms with Crippen LogP contribution in [-0.4, -0.2) is 13.3 Å². The lowest BCUT2D eigenvalue weighted by Gasteiger charge is -2.01. The summed E-state index contributed by atoms with van der Waals surface area (Å²) in [4.78, 5) is 3.74. The molecule has 0 radical (unpaired) electrons. The van der Waals surface area contributed by atoms with Gasteiger partial charge in [-0.15, -0.1) is 0 Å². The van der Waals surface area contributed by atoms with E-state index in [-0.39, 0.29) is 0 Å². The Bertz CT molecular complexity index is 137. The Morgan fingerprint density at radius 2 is 2.08 bits per heavy atom. The Labute approximate surface area is 76.1 Å². The standard InChI is InChI=1S/C8H14N2.C2H6/c1-4-6-8(9-3)10-7-5-2;1-2/h4,6,10H,1,3,5,7H2,2H3;1-2H3/b8-6+;. The molecule has 2 nitrogen and oxygen atoms in total. The quantitative estimate of drug-likeness (QED) is 0.495. The van der Waals surface area contributed by atoms with Crippen molar-refractivity contribution in [2.75, 3.05) is 6.54 Å². The van der Waals surface area contributed by atoms with E-state index in [9.17, 15) is 0 Å². The number of hydrogen-bond donors (Lipinski definition) is 1. The summed E-state index contributed by atoms with van der Waals surface area (Å²) in [6.07, 6.45) is 4.57. The highest BCUT2D eigenvalue weighted by Crippen LogP contribution is 1.89. The van der Waals surface area contributed by atoms with Crippen molar-refractivity contribution in [1.82, 2.24) is 5.32 Å². The van der Waals surface area contributed by atoms with Crippen LogP contribution in [0.3, 0.4) is 0 Å². The third-order valence-corrected chi connectivity index (χ3v) is 1.00. The minimum Gasteiger partial charge on any atom is -0.370 e. The van der Waals surface area contributed by atoms with Crippen molar-refractivity contribution >= 4 is 6.72 Å². The first-order chi connectivity index (χ1) is 5.85. The van der Waals surface area contributed by atoms with Gasteiger partial charge in [-0.1, -0.05) is 33.4 Å². The molecule has 0 amide bonds. The van der Waals surface area contributed by atoms with Crippen LogP contribution in [0.25, 0.3) is 0 Å². The van der Waals surface area contributed by atoms with Crippen molar-refractivity contribution in [3.63, 3.8) is 0 Å². The zero-order valence-corrected chi connectivity index (χ0v) is 8.43. The summed E-state index contributed by atoms with van der Waals surface area (Å²) in [5.74, 6) is 0.789. The van der Waals surface area contributed by atoms with Crippen LogP contribution in [0.4, 0.5) is 0 Å². The molecule has 2 heteroatoms. The molecule has 0 rings (SSSR count). The van der Waals surface area contributed by atoms with E-state index < -0.39 is 0 Å². The molecule has 0 aromatic rings. The second-order valence-electron chi connectivity index (χ2n) is 1.87. The van der Waals surface area contributed by atoms with Crippen LogP contribution >= 0.6 is 0 Å². The number of aliphatic imine (C=N–C) groups is 1. The van der Waals surface area contributed by atoms with Gasteiger partial charge in [0.15, 0.2) is 0 Å². The van der Waals surface area contributed by atoms with Gasteiger partial charge in [-0.25, -0.2) is 4.99 Å². The van der Waals surface area contributed by atoms with Crippen molar-refractivity contribution in [3.8, 4) is 0 Å². The SMILES string of the molecule is C=C/C=C(\N=C)NCCC.CC. The van der Waals surface area contributed by atoms with Crippen molar-refractivity contribution in [2.45, 2.75) is 27.2 Å². The lowest BCUT2D eigenvalue weighted by atomic mass is 10.4. The minimum atomic E-state index is 0.789. The summed E-state index contributed by atoms with van der Waals surface area (Å²) in [7, 11) is 0. The molecule has 0 saturated carbocycles. The van der Waals surface area contributed by atoms with E-state index >= 15 is 0 Å². The van der Waals surface area contributed by atoms with Gasteiger partial charge in [0.1, 0.15) is 5.82 Å². The largest absolute Gasteiger partial charge is 0.370 e. The number of rotatable bonds is 5. The van der Waals surface area contributed by atoms with Gasteiger partial charge in [0, 0.05) is 6.54 Å². The number of hydrogen-bond acceptors (Lipinski definition) is 2. The van der Waals surface area contributed by atoms with Gasteiger partial charge >= 0.3 is 0 Å². The molecular weight excluding hydrogens is 148 g/mol. The molecule has 0 aliphatic carbocycles. The predicted octanol–water partition coefficient (Wildman–Crippen LogP) is 2.74. The number of allylic oxidation sites excluding steroid dienone is 2. The molecular formula is C10H20N2. The van der Waals surface area contributed by atoms with E-state index in [4.69, 9.17) is 0 Å². The molecule has 0 spiro atoms. The van der Waals surface area contributed by atoms with E-state index in [1.165, 1.54) is 0 Å². The molecule has 0 unspecified atom stereocenters. The topological polar surface area (TPSA) is 24.4 Å². The number of nitrogens with zero attached hydrogens (tertiary/aromatic N) is 1. The highest BCUT2D eigenvalue weighted by molar-refractivity contribution is 5.29. The summed E-state index contributed by atoms with van der Waals surface area (Å²) in [6.45, 7) is 14.0. The first kappa shape index (κ1) is 13.5. The van der Waals surface area contributed by atoms with E-state index in [1.807, 2.05) is 13.8 Å². The van der Waals surface area contributed by atoms with Crippen molar-refractivity contribution in [2.24, 2.45) is 4.99 Å². The molecule has 0 heterocycles. The molecule has 0 aliphatic heterocycles. The Morgan fingerprint density at radius 1 is 1.50 bits per heavy atom. The van der Waals surface area contributed by atoms with Crippen LogP contribution in [0, 0.1) is 0 Å². The molecule has 0 aromatic heterocycles. The fourth-order valence-electron chi connectivity index (χ4n) is 0.532. The monoisotopic (exact) mass is 168 g/mol. The maximum absolute atomic E-state index is 3.74. The molecule has 70 valence electrons. The van der Waals surface area contributed by atoms with Gasteiger partial charge in [-0.05, 0) is 19.2 Å². The van der Waals surface area contributed by atoms with E-state index in [2.05, 4.69) is 30.5 Å². The molecule has 0 bridgehead atoms. The average molecular weight is 168 g/mol. The average Bonchev–Trinajstić information content (AvgIpc) is 2.15. The molecule has 0 aliphatic rings. The Hall–Kier alpha value is -1.05. The Morgan fingerprint density at radius 3 is 2.42 bits per heavy atom. The summed E-state index contributed by atoms with van der Waals surface area (Å²) >= 11 is 0. The van der Waals surface area contributed by atoms with Gasteiger partial charge in [-0.3, -0.25) is 0 Å². The lowest BCUT2D eigenvalue weighted by Crippen LogP contribution is -2.11. The summed E-state index contributed by atoms with van der Waals surface area (Å²) in [5, 5.41) is 3.08. The van der Waals surface area contributed by atoms with Crippen molar-refractivity contribution in [3.05, 3.63) is 24.6 Å². The van der Waals surface area contributed by atoms with Crippen molar-refractivity contribution in [1.29, 1.82) is 0 Å². The van der Waals surface area contributed by atoms with Gasteiger partial charge in [0.2, 0.25) is 0 Å². The van der Waals surface area contributed by atoms with E-state index in [0.717, 1.165) is 18.8 Å². The lowest BCUT2D eigenvalue weighted by molar-refractivity contribution is 0.763. The molecule has 0 atom stereocenters. The second-order valence-corrected chi connectivity index (χ2v) is 1.87. The van der Waals surface area contributed by atoms with Crippen LogP contribution < -0.4 is 5.32 Å². The van der Waals surface area contributed by atoms with E-state index in [0.29, 0.717) is 0 Å². The van der Waals surface area contributed by atoms with Crippen molar-refractivity contribution < 1.29 is 0 Å². The normalized spacial score (nSPS) is 9.42. The Kier molecular flexibility index (Phi) is 14.2. The fraction of sp³-hybridized carbons (Fsp3) is 0.500. The first-order valence-electron chi connectivity index (χ1n) is 4.38. The van der Waals surface area contributed by atoms with E-state index in [1.54, 1.807) is 12.2 Å². The van der Waals surface area contributed by atoms with Gasteiger partial charge in [0.05, 0.1) is 0 Å². The number of nitrogens with one attached hydrogen (secondary N) is 1. The highest BCUT2D eigenvalue weighted by Gasteiger charge is 1.85. The van der Waals surface area contributed by atoms with Gasteiger partial charge < -0.3 is 5.32 Å². The molecule has 0 aromatic carbocycles. The maximum Gasteiger partial charge on any atom is 0.125 e. The summed E-state index contributed by atoms with van der Waals surface area (Å²) in [6, 6.07) is 0. The van der Waals surface area contributed by atoms with Crippen LogP contribution in [0.5, 0.6) is 0 Å². The predicted molar refractivity (Wildman–Crippen MR) is 57.5 cm³/mol. The summed E-state index contributed by atoms with van der Waals surface area (Å²) < 4.78 is 0. The van der Waals surface area contributed by atoms with Gasteiger partial charge in [-0.2, -0.15) is 0 Å². The molecule has 12 heavy (non-hydrogen) atoms. The molecule has 0 saturated heterocycles. The van der Waals surface area contributed by atoms with Gasteiger partial charge in [0.25, 0.3) is 0 Å². The summed E-state index contributed by atoms with van der Waals surface area (Å²) in [5.41, 5.74) is 0. The molecule has 1 N–H and O–H groups in total. The Balaban J connectivity index is 0.